The number of hydrogen-bond donors (Lipinski definition) is 0. The van der Waals surface area contributed by atoms with Gasteiger partial charge in [0.2, 0.25) is 0 Å². The lowest BCUT2D eigenvalue weighted by Gasteiger charge is -2.46. The van der Waals surface area contributed by atoms with E-state index in [9.17, 15) is 0 Å². The largest absolute Gasteiger partial charge is 0.369 e. The smallest absolute Gasteiger partial charge is 0.0602 e. The molecular weight excluding hydrogens is 316 g/mol. The molecule has 2 nitrogen and oxygen atoms in total. The van der Waals surface area contributed by atoms with E-state index in [0.29, 0.717) is 16.7 Å². The zero-order valence-electron chi connectivity index (χ0n) is 17.4. The van der Waals surface area contributed by atoms with Gasteiger partial charge in [-0.05, 0) is 54.6 Å². The van der Waals surface area contributed by atoms with Gasteiger partial charge < -0.3 is 4.90 Å². The maximum Gasteiger partial charge on any atom is 0.0602 e. The third-order valence-electron chi connectivity index (χ3n) is 6.12. The van der Waals surface area contributed by atoms with Crippen molar-refractivity contribution in [3.05, 3.63) is 29.8 Å². The zero-order chi connectivity index (χ0) is 18.8. The molecule has 1 aromatic carbocycles. The molecule has 0 N–H and O–H groups in total. The lowest BCUT2D eigenvalue weighted by atomic mass is 9.60. The van der Waals surface area contributed by atoms with Gasteiger partial charge in [-0.15, -0.1) is 5.92 Å². The van der Waals surface area contributed by atoms with Gasteiger partial charge in [0.15, 0.2) is 0 Å². The molecule has 0 unspecified atom stereocenters. The van der Waals surface area contributed by atoms with Crippen molar-refractivity contribution in [1.29, 1.82) is 0 Å². The second-order valence-corrected chi connectivity index (χ2v) is 9.86. The summed E-state index contributed by atoms with van der Waals surface area (Å²) in [6.07, 6.45) is 3.94. The Labute approximate surface area is 161 Å². The van der Waals surface area contributed by atoms with Crippen molar-refractivity contribution in [3.8, 4) is 11.8 Å². The molecule has 1 saturated heterocycles. The highest BCUT2D eigenvalue weighted by molar-refractivity contribution is 5.56. The summed E-state index contributed by atoms with van der Waals surface area (Å²) in [6, 6.07) is 9.20. The van der Waals surface area contributed by atoms with E-state index in [1.54, 1.807) is 5.56 Å². The predicted molar refractivity (Wildman–Crippen MR) is 113 cm³/mol. The van der Waals surface area contributed by atoms with Crippen LogP contribution in [0.25, 0.3) is 0 Å². The van der Waals surface area contributed by atoms with Gasteiger partial charge in [0.1, 0.15) is 0 Å². The Morgan fingerprint density at radius 2 is 1.58 bits per heavy atom. The van der Waals surface area contributed by atoms with Crippen molar-refractivity contribution in [1.82, 2.24) is 4.90 Å². The molecule has 0 spiro atoms. The van der Waals surface area contributed by atoms with Gasteiger partial charge in [-0.1, -0.05) is 51.8 Å². The van der Waals surface area contributed by atoms with Gasteiger partial charge in [0.25, 0.3) is 0 Å². The molecule has 0 aromatic heterocycles. The molecule has 142 valence electrons. The fraction of sp³-hybridized carbons (Fsp3) is 0.667. The standard InChI is InChI=1S/C24H36N2/c1-6-7-12-25-13-15-26(16-14-25)22-11-9-8-10-21(22)20-17-23(2,3)19-24(4,5)18-20/h8-11,20H,12-19H2,1-5H3. The molecule has 1 aromatic rings. The minimum Gasteiger partial charge on any atom is -0.369 e. The summed E-state index contributed by atoms with van der Waals surface area (Å²) in [5.74, 6) is 6.91. The quantitative estimate of drug-likeness (QED) is 0.694. The molecule has 26 heavy (non-hydrogen) atoms. The topological polar surface area (TPSA) is 6.48 Å². The molecule has 1 aliphatic heterocycles. The Morgan fingerprint density at radius 3 is 2.19 bits per heavy atom. The molecule has 1 aliphatic carbocycles. The number of rotatable bonds is 3. The van der Waals surface area contributed by atoms with E-state index < -0.39 is 0 Å². The second kappa shape index (κ2) is 7.65. The van der Waals surface area contributed by atoms with Gasteiger partial charge >= 0.3 is 0 Å². The number of piperazine rings is 1. The third-order valence-corrected chi connectivity index (χ3v) is 6.12. The summed E-state index contributed by atoms with van der Waals surface area (Å²) in [5, 5.41) is 0. The molecule has 0 amide bonds. The Hall–Kier alpha value is -1.46. The Kier molecular flexibility index (Phi) is 5.68. The fourth-order valence-electron chi connectivity index (χ4n) is 5.52. The summed E-state index contributed by atoms with van der Waals surface area (Å²) < 4.78 is 0. The van der Waals surface area contributed by atoms with Gasteiger partial charge in [-0.25, -0.2) is 0 Å². The van der Waals surface area contributed by atoms with Crippen molar-refractivity contribution < 1.29 is 0 Å². The van der Waals surface area contributed by atoms with Crippen LogP contribution in [0.1, 0.15) is 65.4 Å². The van der Waals surface area contributed by atoms with Crippen molar-refractivity contribution in [2.75, 3.05) is 37.6 Å². The van der Waals surface area contributed by atoms with E-state index >= 15 is 0 Å². The van der Waals surface area contributed by atoms with Crippen molar-refractivity contribution >= 4 is 5.69 Å². The molecule has 1 heterocycles. The molecule has 2 fully saturated rings. The first kappa shape index (κ1) is 19.3. The van der Waals surface area contributed by atoms with Crippen molar-refractivity contribution in [2.24, 2.45) is 10.8 Å². The number of benzene rings is 1. The average molecular weight is 353 g/mol. The van der Waals surface area contributed by atoms with Gasteiger partial charge in [-0.3, -0.25) is 4.90 Å². The lowest BCUT2D eigenvalue weighted by molar-refractivity contribution is 0.0970. The Morgan fingerprint density at radius 1 is 0.962 bits per heavy atom. The number of anilines is 1. The molecule has 2 heteroatoms. The van der Waals surface area contributed by atoms with E-state index in [4.69, 9.17) is 0 Å². The maximum atomic E-state index is 3.21. The molecular formula is C24H36N2. The minimum atomic E-state index is 0.428. The highest BCUT2D eigenvalue weighted by atomic mass is 15.3. The first-order chi connectivity index (χ1) is 12.3. The normalized spacial score (nSPS) is 23.3. The SMILES string of the molecule is CC#CCN1CCN(c2ccccc2C2CC(C)(C)CC(C)(C)C2)CC1. The molecule has 0 atom stereocenters. The zero-order valence-corrected chi connectivity index (χ0v) is 17.4. The molecule has 0 bridgehead atoms. The van der Waals surface area contributed by atoms with Gasteiger partial charge in [-0.2, -0.15) is 0 Å². The van der Waals surface area contributed by atoms with Crippen LogP contribution in [0.2, 0.25) is 0 Å². The fourth-order valence-corrected chi connectivity index (χ4v) is 5.52. The summed E-state index contributed by atoms with van der Waals surface area (Å²) in [6.45, 7) is 17.1. The highest BCUT2D eigenvalue weighted by Crippen LogP contribution is 2.53. The first-order valence-electron chi connectivity index (χ1n) is 10.3. The maximum absolute atomic E-state index is 3.21. The van der Waals surface area contributed by atoms with Crippen LogP contribution in [-0.2, 0) is 0 Å². The second-order valence-electron chi connectivity index (χ2n) is 9.86. The van der Waals surface area contributed by atoms with Crippen LogP contribution >= 0.6 is 0 Å². The van der Waals surface area contributed by atoms with Crippen LogP contribution in [0.3, 0.4) is 0 Å². The van der Waals surface area contributed by atoms with E-state index in [0.717, 1.165) is 32.7 Å². The number of para-hydroxylation sites is 1. The third kappa shape index (κ3) is 4.63. The van der Waals surface area contributed by atoms with Gasteiger partial charge in [0.05, 0.1) is 6.54 Å². The number of hydrogen-bond acceptors (Lipinski definition) is 2. The van der Waals surface area contributed by atoms with Gasteiger partial charge in [0, 0.05) is 31.9 Å². The lowest BCUT2D eigenvalue weighted by Crippen LogP contribution is -2.47. The summed E-state index contributed by atoms with van der Waals surface area (Å²) in [4.78, 5) is 5.09. The summed E-state index contributed by atoms with van der Waals surface area (Å²) >= 11 is 0. The van der Waals surface area contributed by atoms with Crippen LogP contribution in [-0.4, -0.2) is 37.6 Å². The average Bonchev–Trinajstić information content (AvgIpc) is 2.58. The van der Waals surface area contributed by atoms with Crippen LogP contribution in [0.15, 0.2) is 24.3 Å². The molecule has 1 saturated carbocycles. The van der Waals surface area contributed by atoms with E-state index in [2.05, 4.69) is 73.6 Å². The van der Waals surface area contributed by atoms with Crippen LogP contribution in [0.5, 0.6) is 0 Å². The Bertz CT molecular complexity index is 653. The summed E-state index contributed by atoms with van der Waals surface area (Å²) in [7, 11) is 0. The van der Waals surface area contributed by atoms with E-state index in [1.807, 2.05) is 6.92 Å². The molecule has 2 aliphatic rings. The minimum absolute atomic E-state index is 0.428. The van der Waals surface area contributed by atoms with Crippen LogP contribution in [0.4, 0.5) is 5.69 Å². The first-order valence-corrected chi connectivity index (χ1v) is 10.3. The van der Waals surface area contributed by atoms with E-state index in [-0.39, 0.29) is 0 Å². The summed E-state index contributed by atoms with van der Waals surface area (Å²) in [5.41, 5.74) is 3.91. The van der Waals surface area contributed by atoms with Crippen molar-refractivity contribution in [2.45, 2.75) is 59.8 Å². The number of nitrogens with zero attached hydrogens (tertiary/aromatic N) is 2. The highest BCUT2D eigenvalue weighted by Gasteiger charge is 2.39. The monoisotopic (exact) mass is 352 g/mol. The van der Waals surface area contributed by atoms with Crippen LogP contribution < -0.4 is 4.90 Å². The van der Waals surface area contributed by atoms with Crippen molar-refractivity contribution in [3.63, 3.8) is 0 Å². The molecule has 3 rings (SSSR count). The molecule has 0 radical (unpaired) electrons. The Balaban J connectivity index is 1.77. The van der Waals surface area contributed by atoms with E-state index in [1.165, 1.54) is 24.9 Å². The van der Waals surface area contributed by atoms with Crippen LogP contribution in [0, 0.1) is 22.7 Å². The predicted octanol–water partition coefficient (Wildman–Crippen LogP) is 5.15.